The smallest absolute Gasteiger partial charge is 0.313 e. The first-order chi connectivity index (χ1) is 7.20. The summed E-state index contributed by atoms with van der Waals surface area (Å²) in [6.45, 7) is 3.91. The monoisotopic (exact) mass is 210 g/mol. The molecule has 0 aliphatic rings. The molecular weight excluding hydrogens is 195 g/mol. The Kier molecular flexibility index (Phi) is 4.28. The van der Waals surface area contributed by atoms with Gasteiger partial charge in [-0.05, 0) is 19.4 Å². The molecule has 1 atom stereocenters. The number of hydrogen-bond acceptors (Lipinski definition) is 2. The van der Waals surface area contributed by atoms with Gasteiger partial charge in [0, 0.05) is 5.56 Å². The maximum Gasteiger partial charge on any atom is 0.313 e. The molecule has 0 bridgehead atoms. The number of carbonyl (C=O) groups excluding carboxylic acids is 1. The van der Waals surface area contributed by atoms with E-state index in [1.54, 1.807) is 25.1 Å². The summed E-state index contributed by atoms with van der Waals surface area (Å²) < 4.78 is 18.3. The highest BCUT2D eigenvalue weighted by molar-refractivity contribution is 5.78. The molecule has 0 radical (unpaired) electrons. The minimum Gasteiger partial charge on any atom is -0.466 e. The van der Waals surface area contributed by atoms with E-state index in [0.29, 0.717) is 18.6 Å². The van der Waals surface area contributed by atoms with Crippen LogP contribution < -0.4 is 0 Å². The highest BCUT2D eigenvalue weighted by Gasteiger charge is 2.22. The van der Waals surface area contributed by atoms with Crippen molar-refractivity contribution in [2.24, 2.45) is 0 Å². The maximum atomic E-state index is 13.4. The minimum absolute atomic E-state index is 0.323. The topological polar surface area (TPSA) is 26.3 Å². The van der Waals surface area contributed by atoms with Crippen molar-refractivity contribution in [2.75, 3.05) is 6.61 Å². The number of carbonyl (C=O) groups is 1. The number of hydrogen-bond donors (Lipinski definition) is 0. The predicted molar refractivity (Wildman–Crippen MR) is 56.1 cm³/mol. The van der Waals surface area contributed by atoms with Crippen LogP contribution in [0, 0.1) is 5.82 Å². The fraction of sp³-hybridized carbons (Fsp3) is 0.417. The third-order valence-electron chi connectivity index (χ3n) is 2.26. The third kappa shape index (κ3) is 2.78. The fourth-order valence-electron chi connectivity index (χ4n) is 1.51. The SMILES string of the molecule is CCOC(=O)C(CC)c1ccccc1F. The lowest BCUT2D eigenvalue weighted by molar-refractivity contribution is -0.145. The van der Waals surface area contributed by atoms with E-state index in [-0.39, 0.29) is 11.8 Å². The number of halogens is 1. The molecule has 3 heteroatoms. The number of benzene rings is 1. The average molecular weight is 210 g/mol. The standard InChI is InChI=1S/C12H15FO2/c1-3-9(12(14)15-4-2)10-7-5-6-8-11(10)13/h5-9H,3-4H2,1-2H3. The number of esters is 1. The molecule has 0 aliphatic heterocycles. The van der Waals surface area contributed by atoms with Gasteiger partial charge in [0.1, 0.15) is 5.82 Å². The molecular formula is C12H15FO2. The van der Waals surface area contributed by atoms with Gasteiger partial charge in [-0.2, -0.15) is 0 Å². The van der Waals surface area contributed by atoms with Crippen LogP contribution in [0.15, 0.2) is 24.3 Å². The van der Waals surface area contributed by atoms with Gasteiger partial charge in [-0.3, -0.25) is 4.79 Å². The van der Waals surface area contributed by atoms with Gasteiger partial charge in [-0.1, -0.05) is 25.1 Å². The summed E-state index contributed by atoms with van der Waals surface area (Å²) in [5, 5.41) is 0. The number of ether oxygens (including phenoxy) is 1. The summed E-state index contributed by atoms with van der Waals surface area (Å²) in [7, 11) is 0. The quantitative estimate of drug-likeness (QED) is 0.714. The molecule has 0 fully saturated rings. The summed E-state index contributed by atoms with van der Waals surface area (Å²) in [4.78, 5) is 11.5. The lowest BCUT2D eigenvalue weighted by Gasteiger charge is -2.14. The van der Waals surface area contributed by atoms with Gasteiger partial charge in [0.25, 0.3) is 0 Å². The second-order valence-electron chi connectivity index (χ2n) is 3.23. The summed E-state index contributed by atoms with van der Waals surface area (Å²) in [5.74, 6) is -1.20. The Morgan fingerprint density at radius 2 is 2.07 bits per heavy atom. The highest BCUT2D eigenvalue weighted by Crippen LogP contribution is 2.23. The molecule has 82 valence electrons. The predicted octanol–water partition coefficient (Wildman–Crippen LogP) is 2.88. The summed E-state index contributed by atoms with van der Waals surface area (Å²) in [6.07, 6.45) is 0.541. The Morgan fingerprint density at radius 3 is 2.60 bits per heavy atom. The van der Waals surface area contributed by atoms with Crippen molar-refractivity contribution in [1.29, 1.82) is 0 Å². The van der Waals surface area contributed by atoms with Gasteiger partial charge in [0.05, 0.1) is 12.5 Å². The lowest BCUT2D eigenvalue weighted by Crippen LogP contribution is -2.16. The summed E-state index contributed by atoms with van der Waals surface area (Å²) >= 11 is 0. The van der Waals surface area contributed by atoms with Crippen molar-refractivity contribution in [1.82, 2.24) is 0 Å². The van der Waals surface area contributed by atoms with Crippen LogP contribution in [0.4, 0.5) is 4.39 Å². The minimum atomic E-state index is -0.494. The van der Waals surface area contributed by atoms with E-state index >= 15 is 0 Å². The molecule has 15 heavy (non-hydrogen) atoms. The zero-order chi connectivity index (χ0) is 11.3. The Labute approximate surface area is 89.1 Å². The van der Waals surface area contributed by atoms with Gasteiger partial charge in [-0.25, -0.2) is 4.39 Å². The van der Waals surface area contributed by atoms with Gasteiger partial charge < -0.3 is 4.74 Å². The van der Waals surface area contributed by atoms with Crippen molar-refractivity contribution in [3.05, 3.63) is 35.6 Å². The zero-order valence-corrected chi connectivity index (χ0v) is 9.00. The first-order valence-corrected chi connectivity index (χ1v) is 5.11. The Balaban J connectivity index is 2.92. The van der Waals surface area contributed by atoms with E-state index in [4.69, 9.17) is 4.74 Å². The zero-order valence-electron chi connectivity index (χ0n) is 9.00. The number of rotatable bonds is 4. The van der Waals surface area contributed by atoms with Crippen LogP contribution in [0.25, 0.3) is 0 Å². The molecule has 1 aromatic rings. The van der Waals surface area contributed by atoms with Gasteiger partial charge in [0.15, 0.2) is 0 Å². The first kappa shape index (κ1) is 11.7. The van der Waals surface area contributed by atoms with E-state index in [9.17, 15) is 9.18 Å². The Hall–Kier alpha value is -1.38. The molecule has 2 nitrogen and oxygen atoms in total. The molecule has 0 heterocycles. The van der Waals surface area contributed by atoms with E-state index in [1.165, 1.54) is 6.07 Å². The van der Waals surface area contributed by atoms with Crippen molar-refractivity contribution < 1.29 is 13.9 Å². The van der Waals surface area contributed by atoms with Gasteiger partial charge in [-0.15, -0.1) is 0 Å². The average Bonchev–Trinajstić information content (AvgIpc) is 2.22. The second kappa shape index (κ2) is 5.49. The molecule has 1 aromatic carbocycles. The van der Waals surface area contributed by atoms with Crippen LogP contribution in [-0.2, 0) is 9.53 Å². The fourth-order valence-corrected chi connectivity index (χ4v) is 1.51. The van der Waals surface area contributed by atoms with Crippen LogP contribution in [0.3, 0.4) is 0 Å². The molecule has 0 saturated carbocycles. The second-order valence-corrected chi connectivity index (χ2v) is 3.23. The largest absolute Gasteiger partial charge is 0.466 e. The lowest BCUT2D eigenvalue weighted by atomic mass is 9.96. The van der Waals surface area contributed by atoms with Gasteiger partial charge >= 0.3 is 5.97 Å². The molecule has 0 spiro atoms. The van der Waals surface area contributed by atoms with Crippen LogP contribution in [0.2, 0.25) is 0 Å². The van der Waals surface area contributed by atoms with E-state index in [0.717, 1.165) is 0 Å². The van der Waals surface area contributed by atoms with Crippen molar-refractivity contribution in [2.45, 2.75) is 26.2 Å². The molecule has 0 aromatic heterocycles. The normalized spacial score (nSPS) is 12.2. The van der Waals surface area contributed by atoms with Crippen LogP contribution in [-0.4, -0.2) is 12.6 Å². The van der Waals surface area contributed by atoms with E-state index in [2.05, 4.69) is 0 Å². The molecule has 0 N–H and O–H groups in total. The highest BCUT2D eigenvalue weighted by atomic mass is 19.1. The first-order valence-electron chi connectivity index (χ1n) is 5.11. The third-order valence-corrected chi connectivity index (χ3v) is 2.26. The Morgan fingerprint density at radius 1 is 1.40 bits per heavy atom. The summed E-state index contributed by atoms with van der Waals surface area (Å²) in [5.41, 5.74) is 0.415. The molecule has 1 unspecified atom stereocenters. The molecule has 1 rings (SSSR count). The molecule has 0 aliphatic carbocycles. The van der Waals surface area contributed by atoms with Gasteiger partial charge in [0.2, 0.25) is 0 Å². The van der Waals surface area contributed by atoms with Crippen molar-refractivity contribution >= 4 is 5.97 Å². The van der Waals surface area contributed by atoms with Crippen molar-refractivity contribution in [3.8, 4) is 0 Å². The molecule has 0 saturated heterocycles. The maximum absolute atomic E-state index is 13.4. The van der Waals surface area contributed by atoms with E-state index < -0.39 is 5.92 Å². The Bertz CT molecular complexity index is 336. The van der Waals surface area contributed by atoms with E-state index in [1.807, 2.05) is 6.92 Å². The van der Waals surface area contributed by atoms with Crippen molar-refractivity contribution in [3.63, 3.8) is 0 Å². The molecule has 0 amide bonds. The van der Waals surface area contributed by atoms with Crippen LogP contribution in [0.1, 0.15) is 31.7 Å². The summed E-state index contributed by atoms with van der Waals surface area (Å²) in [6, 6.07) is 6.31. The van der Waals surface area contributed by atoms with Crippen LogP contribution in [0.5, 0.6) is 0 Å². The van der Waals surface area contributed by atoms with Crippen LogP contribution >= 0.6 is 0 Å².